The molecule has 4 heteroatoms. The largest absolute Gasteiger partial charge is 0.294 e. The minimum absolute atomic E-state index is 0.0206. The first-order valence-corrected chi connectivity index (χ1v) is 6.15. The molecule has 0 heterocycles. The lowest BCUT2D eigenvalue weighted by atomic mass is 9.88. The Balaban J connectivity index is 2.03. The van der Waals surface area contributed by atoms with Crippen LogP contribution in [0.4, 0.5) is 10.1 Å². The highest BCUT2D eigenvalue weighted by molar-refractivity contribution is 6.53. The summed E-state index contributed by atoms with van der Waals surface area (Å²) < 4.78 is 12.8. The zero-order valence-electron chi connectivity index (χ0n) is 10.5. The van der Waals surface area contributed by atoms with Gasteiger partial charge in [0.1, 0.15) is 5.82 Å². The third-order valence-electron chi connectivity index (χ3n) is 3.15. The van der Waals surface area contributed by atoms with Crippen molar-refractivity contribution >= 4 is 23.0 Å². The summed E-state index contributed by atoms with van der Waals surface area (Å²) in [5.74, 6) is -0.740. The molecule has 0 radical (unpaired) electrons. The zero-order chi connectivity index (χ0) is 14.1. The van der Waals surface area contributed by atoms with Crippen LogP contribution in [0.25, 0.3) is 0 Å². The SMILES string of the molecule is O=C1CC(=Nc2ccc(F)cc2)C(=O)c2ccccc21. The fourth-order valence-electron chi connectivity index (χ4n) is 2.17. The van der Waals surface area contributed by atoms with E-state index in [9.17, 15) is 14.0 Å². The van der Waals surface area contributed by atoms with Crippen LogP contribution in [0.3, 0.4) is 0 Å². The molecule has 0 unspecified atom stereocenters. The van der Waals surface area contributed by atoms with Gasteiger partial charge in [-0.05, 0) is 24.3 Å². The Morgan fingerprint density at radius 1 is 0.900 bits per heavy atom. The number of hydrogen-bond acceptors (Lipinski definition) is 3. The molecule has 0 aliphatic heterocycles. The average Bonchev–Trinajstić information content (AvgIpc) is 2.47. The molecular formula is C16H10FNO2. The smallest absolute Gasteiger partial charge is 0.208 e. The zero-order valence-corrected chi connectivity index (χ0v) is 10.5. The van der Waals surface area contributed by atoms with Gasteiger partial charge in [-0.2, -0.15) is 0 Å². The quantitative estimate of drug-likeness (QED) is 0.795. The van der Waals surface area contributed by atoms with Crippen molar-refractivity contribution in [3.05, 3.63) is 65.5 Å². The van der Waals surface area contributed by atoms with E-state index in [1.54, 1.807) is 24.3 Å². The molecule has 98 valence electrons. The maximum absolute atomic E-state index is 12.8. The highest BCUT2D eigenvalue weighted by Gasteiger charge is 2.28. The molecule has 0 saturated carbocycles. The highest BCUT2D eigenvalue weighted by atomic mass is 19.1. The normalized spacial score (nSPS) is 16.4. The standard InChI is InChI=1S/C16H10FNO2/c17-10-5-7-11(8-6-10)18-14-9-15(19)12-3-1-2-4-13(12)16(14)20/h1-8H,9H2. The molecule has 0 spiro atoms. The minimum atomic E-state index is -0.370. The van der Waals surface area contributed by atoms with Crippen LogP contribution < -0.4 is 0 Å². The number of rotatable bonds is 1. The van der Waals surface area contributed by atoms with Crippen LogP contribution in [0.2, 0.25) is 0 Å². The molecule has 0 bridgehead atoms. The maximum Gasteiger partial charge on any atom is 0.208 e. The monoisotopic (exact) mass is 267 g/mol. The van der Waals surface area contributed by atoms with Crippen molar-refractivity contribution in [1.29, 1.82) is 0 Å². The van der Waals surface area contributed by atoms with Crippen LogP contribution in [0.1, 0.15) is 27.1 Å². The molecule has 0 saturated heterocycles. The van der Waals surface area contributed by atoms with E-state index in [0.29, 0.717) is 16.8 Å². The predicted octanol–water partition coefficient (Wildman–Crippen LogP) is 3.37. The van der Waals surface area contributed by atoms with Crippen molar-refractivity contribution in [3.8, 4) is 0 Å². The fraction of sp³-hybridized carbons (Fsp3) is 0.0625. The van der Waals surface area contributed by atoms with E-state index in [1.165, 1.54) is 24.3 Å². The summed E-state index contributed by atoms with van der Waals surface area (Å²) in [4.78, 5) is 28.4. The van der Waals surface area contributed by atoms with Crippen molar-refractivity contribution in [1.82, 2.24) is 0 Å². The first-order valence-electron chi connectivity index (χ1n) is 6.15. The summed E-state index contributed by atoms with van der Waals surface area (Å²) in [6.07, 6.45) is -0.0206. The van der Waals surface area contributed by atoms with Crippen molar-refractivity contribution in [2.75, 3.05) is 0 Å². The number of fused-ring (bicyclic) bond motifs is 1. The van der Waals surface area contributed by atoms with Gasteiger partial charge in [0.05, 0.1) is 17.8 Å². The van der Waals surface area contributed by atoms with Gasteiger partial charge in [0.2, 0.25) is 5.78 Å². The van der Waals surface area contributed by atoms with E-state index in [0.717, 1.165) is 0 Å². The number of halogens is 1. The summed E-state index contributed by atoms with van der Waals surface area (Å²) in [5, 5.41) is 0. The number of Topliss-reactive ketones (excluding diaryl/α,β-unsaturated/α-hetero) is 2. The van der Waals surface area contributed by atoms with Crippen LogP contribution >= 0.6 is 0 Å². The molecule has 0 atom stereocenters. The van der Waals surface area contributed by atoms with Crippen LogP contribution in [0.15, 0.2) is 53.5 Å². The molecule has 0 aromatic heterocycles. The van der Waals surface area contributed by atoms with E-state index in [1.807, 2.05) is 0 Å². The minimum Gasteiger partial charge on any atom is -0.294 e. The number of carbonyl (C=O) groups is 2. The van der Waals surface area contributed by atoms with Crippen molar-refractivity contribution in [3.63, 3.8) is 0 Å². The van der Waals surface area contributed by atoms with Crippen molar-refractivity contribution in [2.24, 2.45) is 4.99 Å². The van der Waals surface area contributed by atoms with Crippen LogP contribution in [0, 0.1) is 5.82 Å². The summed E-state index contributed by atoms with van der Waals surface area (Å²) in [6.45, 7) is 0. The lowest BCUT2D eigenvalue weighted by Gasteiger charge is -2.15. The highest BCUT2D eigenvalue weighted by Crippen LogP contribution is 2.22. The topological polar surface area (TPSA) is 46.5 Å². The summed E-state index contributed by atoms with van der Waals surface area (Å²) in [5.41, 5.74) is 1.47. The van der Waals surface area contributed by atoms with Gasteiger partial charge in [0, 0.05) is 11.1 Å². The molecule has 1 aliphatic carbocycles. The van der Waals surface area contributed by atoms with E-state index < -0.39 is 0 Å². The number of ketones is 2. The second-order valence-electron chi connectivity index (χ2n) is 4.51. The number of aliphatic imine (C=N–C) groups is 1. The van der Waals surface area contributed by atoms with Gasteiger partial charge >= 0.3 is 0 Å². The molecule has 20 heavy (non-hydrogen) atoms. The first kappa shape index (κ1) is 12.4. The van der Waals surface area contributed by atoms with Gasteiger partial charge in [-0.15, -0.1) is 0 Å². The van der Waals surface area contributed by atoms with E-state index in [-0.39, 0.29) is 29.5 Å². The van der Waals surface area contributed by atoms with Gasteiger partial charge in [-0.1, -0.05) is 24.3 Å². The molecule has 2 aromatic rings. The van der Waals surface area contributed by atoms with Crippen LogP contribution in [0.5, 0.6) is 0 Å². The molecule has 3 nitrogen and oxygen atoms in total. The second kappa shape index (κ2) is 4.81. The number of benzene rings is 2. The van der Waals surface area contributed by atoms with Gasteiger partial charge in [-0.3, -0.25) is 9.59 Å². The molecule has 2 aromatic carbocycles. The summed E-state index contributed by atoms with van der Waals surface area (Å²) >= 11 is 0. The first-order chi connectivity index (χ1) is 9.65. The van der Waals surface area contributed by atoms with E-state index in [2.05, 4.69) is 4.99 Å². The molecule has 0 N–H and O–H groups in total. The lowest BCUT2D eigenvalue weighted by molar-refractivity contribution is 0.0965. The molecule has 0 fully saturated rings. The third kappa shape index (κ3) is 2.16. The van der Waals surface area contributed by atoms with E-state index >= 15 is 0 Å². The molecular weight excluding hydrogens is 257 g/mol. The third-order valence-corrected chi connectivity index (χ3v) is 3.15. The average molecular weight is 267 g/mol. The van der Waals surface area contributed by atoms with Gasteiger partial charge in [0.25, 0.3) is 0 Å². The summed E-state index contributed by atoms with van der Waals surface area (Å²) in [7, 11) is 0. The Labute approximate surface area is 114 Å². The van der Waals surface area contributed by atoms with Gasteiger partial charge in [0.15, 0.2) is 5.78 Å². The Hall–Kier alpha value is -2.62. The Morgan fingerprint density at radius 3 is 2.25 bits per heavy atom. The lowest BCUT2D eigenvalue weighted by Crippen LogP contribution is -2.26. The van der Waals surface area contributed by atoms with Gasteiger partial charge in [-0.25, -0.2) is 9.38 Å². The molecule has 1 aliphatic rings. The number of hydrogen-bond donors (Lipinski definition) is 0. The van der Waals surface area contributed by atoms with Crippen LogP contribution in [-0.2, 0) is 0 Å². The molecule has 3 rings (SSSR count). The van der Waals surface area contributed by atoms with Crippen LogP contribution in [-0.4, -0.2) is 17.3 Å². The predicted molar refractivity (Wildman–Crippen MR) is 73.2 cm³/mol. The Bertz CT molecular complexity index is 732. The number of nitrogens with zero attached hydrogens (tertiary/aromatic N) is 1. The Morgan fingerprint density at radius 2 is 1.55 bits per heavy atom. The Kier molecular flexibility index (Phi) is 2.99. The fourth-order valence-corrected chi connectivity index (χ4v) is 2.17. The maximum atomic E-state index is 12.8. The second-order valence-corrected chi connectivity index (χ2v) is 4.51. The molecule has 0 amide bonds. The van der Waals surface area contributed by atoms with Crippen molar-refractivity contribution < 1.29 is 14.0 Å². The van der Waals surface area contributed by atoms with E-state index in [4.69, 9.17) is 0 Å². The van der Waals surface area contributed by atoms with Gasteiger partial charge < -0.3 is 0 Å². The summed E-state index contributed by atoms with van der Waals surface area (Å²) in [6, 6.07) is 12.2. The number of carbonyl (C=O) groups excluding carboxylic acids is 2. The van der Waals surface area contributed by atoms with Crippen molar-refractivity contribution in [2.45, 2.75) is 6.42 Å².